The maximum absolute atomic E-state index is 14.0. The first kappa shape index (κ1) is 15.0. The van der Waals surface area contributed by atoms with Crippen molar-refractivity contribution in [1.29, 1.82) is 0 Å². The topological polar surface area (TPSA) is 26.0 Å². The van der Waals surface area contributed by atoms with E-state index < -0.39 is 0 Å². The lowest BCUT2D eigenvalue weighted by atomic mass is 10.0. The second kappa shape index (κ2) is 6.86. The summed E-state index contributed by atoms with van der Waals surface area (Å²) < 4.78 is 26.9. The minimum atomic E-state index is -0.276. The highest BCUT2D eigenvalue weighted by molar-refractivity contribution is 7.99. The molecule has 0 spiro atoms. The Morgan fingerprint density at radius 3 is 2.45 bits per heavy atom. The third-order valence-electron chi connectivity index (χ3n) is 3.11. The first-order valence-corrected chi connectivity index (χ1v) is 7.38. The second-order valence-corrected chi connectivity index (χ2v) is 5.76. The molecule has 1 unspecified atom stereocenters. The summed E-state index contributed by atoms with van der Waals surface area (Å²) in [6.07, 6.45) is 1.31. The molecule has 0 aliphatic carbocycles. The molecule has 0 aliphatic rings. The molecule has 4 heteroatoms. The van der Waals surface area contributed by atoms with Gasteiger partial charge in [-0.25, -0.2) is 8.78 Å². The van der Waals surface area contributed by atoms with Crippen molar-refractivity contribution in [2.24, 2.45) is 5.73 Å². The summed E-state index contributed by atoms with van der Waals surface area (Å²) >= 11 is 1.43. The molecule has 0 saturated heterocycles. The fourth-order valence-electron chi connectivity index (χ4n) is 1.87. The van der Waals surface area contributed by atoms with Gasteiger partial charge in [-0.05, 0) is 49.2 Å². The first-order valence-electron chi connectivity index (χ1n) is 6.56. The van der Waals surface area contributed by atoms with E-state index in [9.17, 15) is 8.78 Å². The van der Waals surface area contributed by atoms with Crippen molar-refractivity contribution in [2.45, 2.75) is 35.6 Å². The van der Waals surface area contributed by atoms with Crippen LogP contribution in [0, 0.1) is 11.6 Å². The summed E-state index contributed by atoms with van der Waals surface area (Å²) in [5.41, 5.74) is 6.57. The van der Waals surface area contributed by atoms with Crippen LogP contribution in [0.15, 0.2) is 52.3 Å². The number of hydrogen-bond acceptors (Lipinski definition) is 2. The van der Waals surface area contributed by atoms with Crippen molar-refractivity contribution < 1.29 is 8.78 Å². The van der Waals surface area contributed by atoms with Crippen molar-refractivity contribution in [3.8, 4) is 0 Å². The Balaban J connectivity index is 2.26. The largest absolute Gasteiger partial charge is 0.327 e. The molecular formula is C16H17F2NS. The zero-order valence-corrected chi connectivity index (χ0v) is 12.1. The van der Waals surface area contributed by atoms with Gasteiger partial charge in [0.2, 0.25) is 0 Å². The van der Waals surface area contributed by atoms with E-state index in [-0.39, 0.29) is 17.7 Å². The number of benzene rings is 2. The summed E-state index contributed by atoms with van der Waals surface area (Å²) in [6.45, 7) is 1.98. The van der Waals surface area contributed by atoms with E-state index in [4.69, 9.17) is 5.73 Å². The third kappa shape index (κ3) is 3.81. The van der Waals surface area contributed by atoms with Crippen LogP contribution in [0.2, 0.25) is 0 Å². The van der Waals surface area contributed by atoms with Crippen molar-refractivity contribution in [2.75, 3.05) is 0 Å². The van der Waals surface area contributed by atoms with Crippen LogP contribution >= 0.6 is 11.8 Å². The highest BCUT2D eigenvalue weighted by Crippen LogP contribution is 2.32. The molecule has 2 N–H and O–H groups in total. The van der Waals surface area contributed by atoms with E-state index in [0.717, 1.165) is 16.2 Å². The predicted molar refractivity (Wildman–Crippen MR) is 78.9 cm³/mol. The Morgan fingerprint density at radius 1 is 1.10 bits per heavy atom. The van der Waals surface area contributed by atoms with Gasteiger partial charge in [0.1, 0.15) is 11.6 Å². The Labute approximate surface area is 122 Å². The fraction of sp³-hybridized carbons (Fsp3) is 0.250. The molecule has 2 aromatic carbocycles. The van der Waals surface area contributed by atoms with E-state index in [1.165, 1.54) is 30.0 Å². The molecule has 0 amide bonds. The van der Waals surface area contributed by atoms with Crippen LogP contribution < -0.4 is 5.73 Å². The Hall–Kier alpha value is -1.39. The number of rotatable bonds is 5. The van der Waals surface area contributed by atoms with E-state index in [0.29, 0.717) is 12.0 Å². The lowest BCUT2D eigenvalue weighted by Gasteiger charge is -2.14. The van der Waals surface area contributed by atoms with Gasteiger partial charge >= 0.3 is 0 Å². The zero-order valence-electron chi connectivity index (χ0n) is 11.3. The van der Waals surface area contributed by atoms with E-state index >= 15 is 0 Å². The molecule has 1 atom stereocenters. The SMILES string of the molecule is CCC(N)Cc1c(F)cccc1Sc1ccc(F)cc1. The highest BCUT2D eigenvalue weighted by atomic mass is 32.2. The van der Waals surface area contributed by atoms with Gasteiger partial charge < -0.3 is 5.73 Å². The van der Waals surface area contributed by atoms with Crippen molar-refractivity contribution in [1.82, 2.24) is 0 Å². The molecule has 2 rings (SSSR count). The van der Waals surface area contributed by atoms with Crippen LogP contribution in [0.1, 0.15) is 18.9 Å². The quantitative estimate of drug-likeness (QED) is 0.884. The maximum Gasteiger partial charge on any atom is 0.127 e. The van der Waals surface area contributed by atoms with Gasteiger partial charge in [0.05, 0.1) is 0 Å². The normalized spacial score (nSPS) is 12.4. The van der Waals surface area contributed by atoms with Crippen LogP contribution in [-0.4, -0.2) is 6.04 Å². The average molecular weight is 293 g/mol. The molecule has 20 heavy (non-hydrogen) atoms. The molecule has 0 saturated carbocycles. The minimum absolute atomic E-state index is 0.0560. The molecule has 0 radical (unpaired) electrons. The molecule has 0 heterocycles. The van der Waals surface area contributed by atoms with E-state index in [1.807, 2.05) is 13.0 Å². The zero-order chi connectivity index (χ0) is 14.5. The fourth-order valence-corrected chi connectivity index (χ4v) is 2.85. The van der Waals surface area contributed by atoms with Crippen molar-refractivity contribution in [3.05, 3.63) is 59.7 Å². The smallest absolute Gasteiger partial charge is 0.127 e. The van der Waals surface area contributed by atoms with Crippen LogP contribution in [-0.2, 0) is 6.42 Å². The second-order valence-electron chi connectivity index (χ2n) is 4.64. The number of halogens is 2. The summed E-state index contributed by atoms with van der Waals surface area (Å²) in [5, 5.41) is 0. The van der Waals surface area contributed by atoms with Crippen LogP contribution in [0.5, 0.6) is 0 Å². The molecule has 0 aliphatic heterocycles. The molecule has 0 bridgehead atoms. The first-order chi connectivity index (χ1) is 9.60. The third-order valence-corrected chi connectivity index (χ3v) is 4.22. The molecule has 1 nitrogen and oxygen atoms in total. The van der Waals surface area contributed by atoms with Gasteiger partial charge in [-0.1, -0.05) is 24.8 Å². The van der Waals surface area contributed by atoms with E-state index in [2.05, 4.69) is 0 Å². The Kier molecular flexibility index (Phi) is 5.15. The van der Waals surface area contributed by atoms with Crippen molar-refractivity contribution in [3.63, 3.8) is 0 Å². The monoisotopic (exact) mass is 293 g/mol. The van der Waals surface area contributed by atoms with Crippen LogP contribution in [0.4, 0.5) is 8.78 Å². The van der Waals surface area contributed by atoms with Gasteiger partial charge in [-0.15, -0.1) is 0 Å². The number of nitrogens with two attached hydrogens (primary N) is 1. The van der Waals surface area contributed by atoms with Gasteiger partial charge in [-0.3, -0.25) is 0 Å². The number of hydrogen-bond donors (Lipinski definition) is 1. The predicted octanol–water partition coefficient (Wildman–Crippen LogP) is 4.40. The summed E-state index contributed by atoms with van der Waals surface area (Å²) in [5.74, 6) is -0.511. The minimum Gasteiger partial charge on any atom is -0.327 e. The lowest BCUT2D eigenvalue weighted by Crippen LogP contribution is -2.22. The summed E-state index contributed by atoms with van der Waals surface area (Å²) in [4.78, 5) is 1.71. The highest BCUT2D eigenvalue weighted by Gasteiger charge is 2.12. The van der Waals surface area contributed by atoms with Crippen LogP contribution in [0.3, 0.4) is 0 Å². The Bertz CT molecular complexity index is 569. The van der Waals surface area contributed by atoms with Gasteiger partial charge in [0, 0.05) is 21.4 Å². The maximum atomic E-state index is 14.0. The molecule has 0 fully saturated rings. The van der Waals surface area contributed by atoms with Gasteiger partial charge in [0.25, 0.3) is 0 Å². The average Bonchev–Trinajstić information content (AvgIpc) is 2.45. The van der Waals surface area contributed by atoms with Crippen molar-refractivity contribution >= 4 is 11.8 Å². The molecule has 0 aromatic heterocycles. The van der Waals surface area contributed by atoms with Gasteiger partial charge in [0.15, 0.2) is 0 Å². The lowest BCUT2D eigenvalue weighted by molar-refractivity contribution is 0.571. The van der Waals surface area contributed by atoms with E-state index in [1.54, 1.807) is 18.2 Å². The molecular weight excluding hydrogens is 276 g/mol. The van der Waals surface area contributed by atoms with Crippen LogP contribution in [0.25, 0.3) is 0 Å². The summed E-state index contributed by atoms with van der Waals surface area (Å²) in [6, 6.07) is 11.1. The molecule has 2 aromatic rings. The molecule has 106 valence electrons. The standard InChI is InChI=1S/C16H17F2NS/c1-2-12(19)10-14-15(18)4-3-5-16(14)20-13-8-6-11(17)7-9-13/h3-9,12H,2,10,19H2,1H3. The summed E-state index contributed by atoms with van der Waals surface area (Å²) in [7, 11) is 0. The Morgan fingerprint density at radius 2 is 1.80 bits per heavy atom. The van der Waals surface area contributed by atoms with Gasteiger partial charge in [-0.2, -0.15) is 0 Å².